The Morgan fingerprint density at radius 2 is 1.68 bits per heavy atom. The van der Waals surface area contributed by atoms with Gasteiger partial charge in [-0.1, -0.05) is 48.2 Å². The van der Waals surface area contributed by atoms with Crippen molar-refractivity contribution >= 4 is 46.4 Å². The fourth-order valence-corrected chi connectivity index (χ4v) is 8.06. The molecule has 6 rings (SSSR count). The molecular formula is C42H49N9O5S. The minimum Gasteiger partial charge on any atom is -0.478 e. The normalized spacial score (nSPS) is 18.3. The zero-order valence-corrected chi connectivity index (χ0v) is 32.7. The first-order valence-corrected chi connectivity index (χ1v) is 20.0. The van der Waals surface area contributed by atoms with Gasteiger partial charge in [-0.05, 0) is 91.7 Å². The predicted octanol–water partition coefficient (Wildman–Crippen LogP) is 3.98. The Kier molecular flexibility index (Phi) is 14.0. The van der Waals surface area contributed by atoms with E-state index < -0.39 is 35.9 Å². The molecule has 1 aliphatic heterocycles. The van der Waals surface area contributed by atoms with Gasteiger partial charge in [-0.15, -0.1) is 0 Å². The average molecular weight is 792 g/mol. The second-order valence-electron chi connectivity index (χ2n) is 14.1. The Bertz CT molecular complexity index is 2190. The van der Waals surface area contributed by atoms with Gasteiger partial charge in [-0.3, -0.25) is 19.4 Å². The zero-order chi connectivity index (χ0) is 40.3. The molecule has 0 spiro atoms. The number of aromatic nitrogens is 3. The van der Waals surface area contributed by atoms with E-state index in [1.54, 1.807) is 37.8 Å². The Morgan fingerprint density at radius 1 is 0.912 bits per heavy atom. The minimum atomic E-state index is -1.04. The first-order chi connectivity index (χ1) is 27.7. The first-order valence-electron chi connectivity index (χ1n) is 19.1. The highest BCUT2D eigenvalue weighted by atomic mass is 32.2. The second-order valence-corrected chi connectivity index (χ2v) is 15.1. The third kappa shape index (κ3) is 10.0. The summed E-state index contributed by atoms with van der Waals surface area (Å²) in [5.74, 6) is -2.17. The van der Waals surface area contributed by atoms with Gasteiger partial charge in [0.15, 0.2) is 0 Å². The number of pyridine rings is 2. The van der Waals surface area contributed by atoms with Crippen molar-refractivity contribution in [2.75, 3.05) is 20.1 Å². The number of para-hydroxylation sites is 1. The van der Waals surface area contributed by atoms with Gasteiger partial charge in [0.05, 0.1) is 11.6 Å². The molecule has 4 heterocycles. The lowest BCUT2D eigenvalue weighted by atomic mass is 9.99. The fraction of sp³-hybridized carbons (Fsp3) is 0.333. The molecular weight excluding hydrogens is 743 g/mol. The molecule has 0 saturated heterocycles. The SMILES string of the molecule is CN1C(=O)[C@H](CCCCN)NC(=O)[C@H](CCCN)NCc2cccnc2Sc2cncc(-c3ccc(C(=O)O)cc3)c2CNC(=O)[C@@H]1Cc1c[nH]c2ccccc12. The van der Waals surface area contributed by atoms with Crippen LogP contribution in [0.1, 0.15) is 59.2 Å². The molecule has 14 nitrogen and oxygen atoms in total. The predicted molar refractivity (Wildman–Crippen MR) is 219 cm³/mol. The molecule has 9 N–H and O–H groups in total. The van der Waals surface area contributed by atoms with Gasteiger partial charge in [-0.2, -0.15) is 0 Å². The van der Waals surface area contributed by atoms with E-state index >= 15 is 0 Å². The molecule has 0 radical (unpaired) electrons. The van der Waals surface area contributed by atoms with Crippen LogP contribution in [0.25, 0.3) is 22.0 Å². The number of benzene rings is 2. The summed E-state index contributed by atoms with van der Waals surface area (Å²) in [6.07, 6.45) is 9.76. The molecule has 0 bridgehead atoms. The molecule has 0 saturated carbocycles. The summed E-state index contributed by atoms with van der Waals surface area (Å²) < 4.78 is 0. The minimum absolute atomic E-state index is 0.0599. The van der Waals surface area contributed by atoms with Gasteiger partial charge in [0.2, 0.25) is 17.7 Å². The number of rotatable bonds is 11. The van der Waals surface area contributed by atoms with Crippen molar-refractivity contribution in [1.29, 1.82) is 0 Å². The standard InChI is InChI=1S/C42H49N9O5S/c1-51-36(20-29-22-47-33-10-3-2-9-30(29)33)39(53)49-24-32-31(26-13-15-27(16-14-26)42(55)56)23-45-25-37(32)57-40-28(8-7-19-46-40)21-48-34(12-6-18-44)38(52)50-35(41(51)54)11-4-5-17-43/h2-3,7-10,13-16,19,22-23,25,34-36,47-48H,4-6,11-12,17-18,20-21,24,43-44H2,1H3,(H,49,53)(H,50,52)(H,55,56)/t34-,35-,36-/m0/s1. The number of fused-ring (bicyclic) bond motifs is 3. The number of aromatic carboxylic acids is 1. The highest BCUT2D eigenvalue weighted by Gasteiger charge is 2.34. The van der Waals surface area contributed by atoms with E-state index in [1.165, 1.54) is 28.8 Å². The van der Waals surface area contributed by atoms with E-state index in [2.05, 4.69) is 25.9 Å². The fourth-order valence-electron chi connectivity index (χ4n) is 7.04. The van der Waals surface area contributed by atoms with Gasteiger partial charge in [0.1, 0.15) is 17.1 Å². The van der Waals surface area contributed by atoms with E-state index in [0.29, 0.717) is 67.9 Å². The Balaban J connectivity index is 1.45. The number of amides is 3. The van der Waals surface area contributed by atoms with Crippen LogP contribution < -0.4 is 27.4 Å². The van der Waals surface area contributed by atoms with Crippen molar-refractivity contribution in [2.45, 2.75) is 79.7 Å². The van der Waals surface area contributed by atoms with E-state index in [9.17, 15) is 24.3 Å². The van der Waals surface area contributed by atoms with Crippen LogP contribution in [0, 0.1) is 0 Å². The molecule has 57 heavy (non-hydrogen) atoms. The number of nitrogens with zero attached hydrogens (tertiary/aromatic N) is 3. The van der Waals surface area contributed by atoms with Gasteiger partial charge >= 0.3 is 5.97 Å². The highest BCUT2D eigenvalue weighted by Crippen LogP contribution is 2.36. The number of nitrogens with one attached hydrogen (secondary N) is 4. The summed E-state index contributed by atoms with van der Waals surface area (Å²) in [5.41, 5.74) is 16.6. The molecule has 1 aliphatic rings. The lowest BCUT2D eigenvalue weighted by Gasteiger charge is -2.32. The first kappa shape index (κ1) is 41.0. The van der Waals surface area contributed by atoms with Crippen molar-refractivity contribution in [3.8, 4) is 11.1 Å². The van der Waals surface area contributed by atoms with Crippen molar-refractivity contribution in [3.05, 3.63) is 108 Å². The number of likely N-dealkylation sites (N-methyl/N-ethyl adjacent to an activating group) is 1. The number of hydrogen-bond donors (Lipinski definition) is 7. The van der Waals surface area contributed by atoms with Gasteiger partial charge in [-0.25, -0.2) is 9.78 Å². The quantitative estimate of drug-likeness (QED) is 0.0949. The van der Waals surface area contributed by atoms with E-state index in [4.69, 9.17) is 16.5 Å². The van der Waals surface area contributed by atoms with Crippen molar-refractivity contribution in [2.24, 2.45) is 11.5 Å². The van der Waals surface area contributed by atoms with Gasteiger partial charge in [0, 0.05) is 72.7 Å². The molecule has 0 aliphatic carbocycles. The van der Waals surface area contributed by atoms with Crippen LogP contribution in [0.4, 0.5) is 0 Å². The third-order valence-corrected chi connectivity index (χ3v) is 11.4. The molecule has 0 fully saturated rings. The van der Waals surface area contributed by atoms with Crippen molar-refractivity contribution in [1.82, 2.24) is 35.8 Å². The highest BCUT2D eigenvalue weighted by molar-refractivity contribution is 7.99. The molecule has 0 unspecified atom stereocenters. The maximum absolute atomic E-state index is 14.6. The summed E-state index contributed by atoms with van der Waals surface area (Å²) in [6, 6.07) is 15.5. The molecule has 15 heteroatoms. The number of unbranched alkanes of at least 4 members (excludes halogenated alkanes) is 1. The number of carboxylic acids is 1. The van der Waals surface area contributed by atoms with Gasteiger partial charge in [0.25, 0.3) is 0 Å². The number of hydrogen-bond acceptors (Lipinski definition) is 10. The maximum Gasteiger partial charge on any atom is 0.335 e. The second kappa shape index (κ2) is 19.5. The van der Waals surface area contributed by atoms with Crippen LogP contribution in [-0.2, 0) is 33.9 Å². The molecule has 3 amide bonds. The summed E-state index contributed by atoms with van der Waals surface area (Å²) in [6.45, 7) is 1.18. The summed E-state index contributed by atoms with van der Waals surface area (Å²) in [5, 5.41) is 20.7. The number of H-pyrrole nitrogens is 1. The topological polar surface area (TPSA) is 221 Å². The number of nitrogens with two attached hydrogens (primary N) is 2. The Labute approximate surface area is 335 Å². The van der Waals surface area contributed by atoms with E-state index in [-0.39, 0.29) is 24.4 Å². The smallest absolute Gasteiger partial charge is 0.335 e. The number of carbonyl (C=O) groups is 4. The zero-order valence-electron chi connectivity index (χ0n) is 31.9. The lowest BCUT2D eigenvalue weighted by Crippen LogP contribution is -2.57. The number of carbonyl (C=O) groups excluding carboxylic acids is 3. The third-order valence-electron chi connectivity index (χ3n) is 10.3. The lowest BCUT2D eigenvalue weighted by molar-refractivity contribution is -0.142. The average Bonchev–Trinajstić information content (AvgIpc) is 3.64. The maximum atomic E-state index is 14.6. The van der Waals surface area contributed by atoms with Crippen LogP contribution in [0.15, 0.2) is 95.4 Å². The Hall–Kier alpha value is -5.61. The van der Waals surface area contributed by atoms with Crippen LogP contribution in [0.2, 0.25) is 0 Å². The summed E-state index contributed by atoms with van der Waals surface area (Å²) >= 11 is 1.38. The Morgan fingerprint density at radius 3 is 2.46 bits per heavy atom. The van der Waals surface area contributed by atoms with Crippen LogP contribution >= 0.6 is 11.8 Å². The molecule has 2 aromatic carbocycles. The van der Waals surface area contributed by atoms with Gasteiger partial charge < -0.3 is 42.4 Å². The monoisotopic (exact) mass is 791 g/mol. The molecule has 3 aromatic heterocycles. The summed E-state index contributed by atoms with van der Waals surface area (Å²) in [7, 11) is 1.60. The molecule has 3 atom stereocenters. The van der Waals surface area contributed by atoms with E-state index in [1.807, 2.05) is 42.6 Å². The largest absolute Gasteiger partial charge is 0.478 e. The van der Waals surface area contributed by atoms with Crippen molar-refractivity contribution < 1.29 is 24.3 Å². The molecule has 5 aromatic rings. The van der Waals surface area contributed by atoms with Crippen LogP contribution in [0.5, 0.6) is 0 Å². The molecule has 298 valence electrons. The van der Waals surface area contributed by atoms with Crippen LogP contribution in [0.3, 0.4) is 0 Å². The van der Waals surface area contributed by atoms with Crippen LogP contribution in [-0.4, -0.2) is 86.9 Å². The number of carboxylic acid groups (broad SMARTS) is 1. The number of aromatic amines is 1. The summed E-state index contributed by atoms with van der Waals surface area (Å²) in [4.78, 5) is 69.6. The van der Waals surface area contributed by atoms with E-state index in [0.717, 1.165) is 32.5 Å². The van der Waals surface area contributed by atoms with Crippen molar-refractivity contribution in [3.63, 3.8) is 0 Å².